The Morgan fingerprint density at radius 2 is 1.85 bits per heavy atom. The number of piperidine rings is 1. The van der Waals surface area contributed by atoms with Gasteiger partial charge < -0.3 is 15.1 Å². The van der Waals surface area contributed by atoms with Crippen LogP contribution in [-0.2, 0) is 14.4 Å². The van der Waals surface area contributed by atoms with E-state index < -0.39 is 11.4 Å². The van der Waals surface area contributed by atoms with Gasteiger partial charge in [0.2, 0.25) is 11.8 Å². The van der Waals surface area contributed by atoms with E-state index in [1.165, 1.54) is 12.8 Å². The molecule has 1 atom stereocenters. The molecule has 0 unspecified atom stereocenters. The van der Waals surface area contributed by atoms with E-state index in [-0.39, 0.29) is 30.8 Å². The highest BCUT2D eigenvalue weighted by atomic mass is 16.2. The van der Waals surface area contributed by atoms with Crippen molar-refractivity contribution in [2.45, 2.75) is 51.0 Å². The Morgan fingerprint density at radius 3 is 2.54 bits per heavy atom. The maximum Gasteiger partial charge on any atom is 0.325 e. The van der Waals surface area contributed by atoms with Crippen LogP contribution < -0.4 is 5.32 Å². The minimum absolute atomic E-state index is 0.0507. The predicted octanol–water partition coefficient (Wildman–Crippen LogP) is 0.322. The third-order valence-corrected chi connectivity index (χ3v) is 6.47. The Kier molecular flexibility index (Phi) is 4.36. The lowest BCUT2D eigenvalue weighted by Crippen LogP contribution is -2.53. The lowest BCUT2D eigenvalue weighted by molar-refractivity contribution is -0.149. The van der Waals surface area contributed by atoms with Crippen LogP contribution in [0.5, 0.6) is 0 Å². The number of hydrogen-bond acceptors (Lipinski definition) is 4. The molecule has 0 aromatic rings. The molecule has 3 heterocycles. The summed E-state index contributed by atoms with van der Waals surface area (Å²) in [4.78, 5) is 53.8. The number of nitrogens with one attached hydrogen (secondary N) is 1. The van der Waals surface area contributed by atoms with Crippen LogP contribution in [0.15, 0.2) is 0 Å². The van der Waals surface area contributed by atoms with Gasteiger partial charge in [0, 0.05) is 25.7 Å². The Balaban J connectivity index is 1.41. The summed E-state index contributed by atoms with van der Waals surface area (Å²) in [6.07, 6.45) is 7.06. The van der Waals surface area contributed by atoms with Crippen LogP contribution in [-0.4, -0.2) is 77.2 Å². The number of nitrogens with zero attached hydrogens (tertiary/aromatic N) is 3. The first-order valence-corrected chi connectivity index (χ1v) is 9.67. The van der Waals surface area contributed by atoms with Crippen LogP contribution >= 0.6 is 0 Å². The lowest BCUT2D eigenvalue weighted by atomic mass is 9.77. The van der Waals surface area contributed by atoms with Gasteiger partial charge in [0.15, 0.2) is 0 Å². The molecule has 1 aliphatic carbocycles. The molecule has 8 heteroatoms. The van der Waals surface area contributed by atoms with Crippen LogP contribution in [0, 0.1) is 5.41 Å². The van der Waals surface area contributed by atoms with Gasteiger partial charge in [-0.05, 0) is 32.1 Å². The molecule has 0 radical (unpaired) electrons. The van der Waals surface area contributed by atoms with E-state index in [4.69, 9.17) is 0 Å². The van der Waals surface area contributed by atoms with E-state index in [0.29, 0.717) is 25.6 Å². The van der Waals surface area contributed by atoms with Gasteiger partial charge in [-0.25, -0.2) is 4.79 Å². The van der Waals surface area contributed by atoms with Crippen molar-refractivity contribution >= 4 is 23.8 Å². The van der Waals surface area contributed by atoms with Crippen molar-refractivity contribution < 1.29 is 19.2 Å². The molecule has 3 saturated heterocycles. The molecule has 0 aromatic carbocycles. The van der Waals surface area contributed by atoms with E-state index in [9.17, 15) is 19.2 Å². The van der Waals surface area contributed by atoms with E-state index in [1.807, 2.05) is 0 Å². The number of hydrogen-bond donors (Lipinski definition) is 1. The number of imide groups is 1. The van der Waals surface area contributed by atoms with E-state index in [0.717, 1.165) is 37.1 Å². The fourth-order valence-electron chi connectivity index (χ4n) is 4.98. The molecule has 4 fully saturated rings. The van der Waals surface area contributed by atoms with Gasteiger partial charge in [0.25, 0.3) is 5.91 Å². The van der Waals surface area contributed by atoms with E-state index >= 15 is 0 Å². The molecule has 8 nitrogen and oxygen atoms in total. The summed E-state index contributed by atoms with van der Waals surface area (Å²) in [7, 11) is 0. The fourth-order valence-corrected chi connectivity index (χ4v) is 4.98. The van der Waals surface area contributed by atoms with Crippen LogP contribution in [0.1, 0.15) is 44.9 Å². The van der Waals surface area contributed by atoms with Crippen molar-refractivity contribution in [2.75, 3.05) is 32.7 Å². The molecule has 4 rings (SSSR count). The van der Waals surface area contributed by atoms with Gasteiger partial charge >= 0.3 is 6.03 Å². The zero-order valence-electron chi connectivity index (χ0n) is 15.0. The van der Waals surface area contributed by atoms with E-state index in [1.54, 1.807) is 4.90 Å². The highest BCUT2D eigenvalue weighted by molar-refractivity contribution is 6.04. The number of carbonyl (C=O) groups excluding carboxylic acids is 4. The quantitative estimate of drug-likeness (QED) is 0.732. The van der Waals surface area contributed by atoms with Gasteiger partial charge in [-0.3, -0.25) is 19.3 Å². The van der Waals surface area contributed by atoms with Crippen molar-refractivity contribution in [3.05, 3.63) is 0 Å². The standard InChI is InChI=1S/C18H26N4O4/c23-14-10-19-17(26)22(14)11-15(24)20-9-7-18(12-20)6-3-8-21(16(18)25)13-4-1-2-5-13/h13H,1-12H2,(H,19,26)/t18-/m0/s1. The largest absolute Gasteiger partial charge is 0.340 e. The Hall–Kier alpha value is -2.12. The minimum Gasteiger partial charge on any atom is -0.340 e. The molecule has 1 saturated carbocycles. The summed E-state index contributed by atoms with van der Waals surface area (Å²) in [6.45, 7) is 1.48. The SMILES string of the molecule is O=C(CN1C(=O)CNC1=O)N1CC[C@@]2(CCCN(C3CCCC3)C2=O)C1. The number of urea groups is 1. The van der Waals surface area contributed by atoms with Crippen LogP contribution in [0.4, 0.5) is 4.79 Å². The van der Waals surface area contributed by atoms with E-state index in [2.05, 4.69) is 10.2 Å². The normalized spacial score (nSPS) is 30.0. The van der Waals surface area contributed by atoms with Crippen molar-refractivity contribution in [2.24, 2.45) is 5.41 Å². The van der Waals surface area contributed by atoms with Crippen molar-refractivity contribution in [3.63, 3.8) is 0 Å². The topological polar surface area (TPSA) is 90.0 Å². The predicted molar refractivity (Wildman–Crippen MR) is 91.9 cm³/mol. The number of amides is 5. The molecular formula is C18H26N4O4. The summed E-state index contributed by atoms with van der Waals surface area (Å²) >= 11 is 0. The first-order chi connectivity index (χ1) is 12.5. The Labute approximate surface area is 152 Å². The van der Waals surface area contributed by atoms with Crippen LogP contribution in [0.2, 0.25) is 0 Å². The summed E-state index contributed by atoms with van der Waals surface area (Å²) in [5.74, 6) is -0.419. The van der Waals surface area contributed by atoms with Gasteiger partial charge in [-0.1, -0.05) is 12.8 Å². The third kappa shape index (κ3) is 2.85. The average Bonchev–Trinajstić information content (AvgIpc) is 3.35. The summed E-state index contributed by atoms with van der Waals surface area (Å²) in [6, 6.07) is -0.145. The monoisotopic (exact) mass is 362 g/mol. The minimum atomic E-state index is -0.515. The molecule has 0 bridgehead atoms. The zero-order valence-corrected chi connectivity index (χ0v) is 15.0. The van der Waals surface area contributed by atoms with Crippen molar-refractivity contribution in [1.82, 2.24) is 20.0 Å². The van der Waals surface area contributed by atoms with Crippen molar-refractivity contribution in [3.8, 4) is 0 Å². The fraction of sp³-hybridized carbons (Fsp3) is 0.778. The average molecular weight is 362 g/mol. The maximum absolute atomic E-state index is 13.2. The first-order valence-electron chi connectivity index (χ1n) is 9.67. The highest BCUT2D eigenvalue weighted by Gasteiger charge is 2.51. The second-order valence-electron chi connectivity index (χ2n) is 8.02. The van der Waals surface area contributed by atoms with Gasteiger partial charge in [0.1, 0.15) is 6.54 Å². The molecule has 142 valence electrons. The highest BCUT2D eigenvalue weighted by Crippen LogP contribution is 2.42. The molecule has 3 aliphatic heterocycles. The van der Waals surface area contributed by atoms with Gasteiger partial charge in [-0.2, -0.15) is 0 Å². The number of rotatable bonds is 3. The molecule has 1 N–H and O–H groups in total. The third-order valence-electron chi connectivity index (χ3n) is 6.47. The number of carbonyl (C=O) groups is 4. The summed E-state index contributed by atoms with van der Waals surface area (Å²) < 4.78 is 0. The number of likely N-dealkylation sites (tertiary alicyclic amines) is 2. The van der Waals surface area contributed by atoms with Gasteiger partial charge in [-0.15, -0.1) is 0 Å². The molecule has 4 aliphatic rings. The molecule has 0 aromatic heterocycles. The Bertz CT molecular complexity index is 629. The second kappa shape index (κ2) is 6.55. The molecular weight excluding hydrogens is 336 g/mol. The zero-order chi connectivity index (χ0) is 18.3. The van der Waals surface area contributed by atoms with Crippen LogP contribution in [0.3, 0.4) is 0 Å². The molecule has 5 amide bonds. The molecule has 1 spiro atoms. The summed E-state index contributed by atoms with van der Waals surface area (Å²) in [5.41, 5.74) is -0.465. The smallest absolute Gasteiger partial charge is 0.325 e. The molecule has 26 heavy (non-hydrogen) atoms. The Morgan fingerprint density at radius 1 is 1.08 bits per heavy atom. The lowest BCUT2D eigenvalue weighted by Gasteiger charge is -2.42. The second-order valence-corrected chi connectivity index (χ2v) is 8.02. The maximum atomic E-state index is 13.2. The van der Waals surface area contributed by atoms with Crippen LogP contribution in [0.25, 0.3) is 0 Å². The van der Waals surface area contributed by atoms with Crippen molar-refractivity contribution in [1.29, 1.82) is 0 Å². The van der Waals surface area contributed by atoms with Gasteiger partial charge in [0.05, 0.1) is 12.0 Å². The first kappa shape index (κ1) is 17.3. The summed E-state index contributed by atoms with van der Waals surface area (Å²) in [5, 5.41) is 2.42.